The minimum absolute atomic E-state index is 0. The van der Waals surface area contributed by atoms with Crippen molar-refractivity contribution in [3.63, 3.8) is 0 Å². The van der Waals surface area contributed by atoms with Gasteiger partial charge in [-0.25, -0.2) is 8.42 Å². The molecule has 0 radical (unpaired) electrons. The predicted molar refractivity (Wildman–Crippen MR) is 107 cm³/mol. The number of halogens is 1. The quantitative estimate of drug-likeness (QED) is 0.358. The number of aliphatic imine (C=N–C) groups is 1. The summed E-state index contributed by atoms with van der Waals surface area (Å²) in [6.45, 7) is 3.46. The van der Waals surface area contributed by atoms with Gasteiger partial charge in [-0.05, 0) is 32.6 Å². The number of amides is 1. The molecule has 2 fully saturated rings. The highest BCUT2D eigenvalue weighted by atomic mass is 127. The van der Waals surface area contributed by atoms with Crippen LogP contribution in [-0.2, 0) is 14.6 Å². The zero-order valence-electron chi connectivity index (χ0n) is 14.5. The molecule has 0 aromatic rings. The van der Waals surface area contributed by atoms with Crippen LogP contribution in [0.4, 0.5) is 0 Å². The summed E-state index contributed by atoms with van der Waals surface area (Å²) in [6, 6.07) is 0.237. The zero-order chi connectivity index (χ0) is 16.9. The first-order valence-electron chi connectivity index (χ1n) is 8.38. The Morgan fingerprint density at radius 1 is 1.29 bits per heavy atom. The van der Waals surface area contributed by atoms with Crippen molar-refractivity contribution in [2.75, 3.05) is 31.6 Å². The van der Waals surface area contributed by atoms with E-state index in [0.717, 1.165) is 19.4 Å². The van der Waals surface area contributed by atoms with Crippen LogP contribution in [-0.4, -0.2) is 68.9 Å². The van der Waals surface area contributed by atoms with Gasteiger partial charge in [0, 0.05) is 38.6 Å². The van der Waals surface area contributed by atoms with E-state index in [1.165, 1.54) is 6.42 Å². The highest BCUT2D eigenvalue weighted by Crippen LogP contribution is 2.17. The van der Waals surface area contributed by atoms with Gasteiger partial charge < -0.3 is 15.5 Å². The normalized spacial score (nSPS) is 26.6. The summed E-state index contributed by atoms with van der Waals surface area (Å²) in [4.78, 5) is 18.3. The van der Waals surface area contributed by atoms with Crippen LogP contribution in [0.1, 0.15) is 39.0 Å². The van der Waals surface area contributed by atoms with Crippen LogP contribution in [0.2, 0.25) is 0 Å². The van der Waals surface area contributed by atoms with Crippen molar-refractivity contribution in [2.24, 2.45) is 4.99 Å². The van der Waals surface area contributed by atoms with Gasteiger partial charge in [0.15, 0.2) is 15.8 Å². The first-order valence-corrected chi connectivity index (χ1v) is 10.2. The Morgan fingerprint density at radius 2 is 2.04 bits per heavy atom. The largest absolute Gasteiger partial charge is 0.356 e. The summed E-state index contributed by atoms with van der Waals surface area (Å²) < 4.78 is 22.9. The van der Waals surface area contributed by atoms with Gasteiger partial charge in [-0.15, -0.1) is 24.0 Å². The molecule has 2 atom stereocenters. The smallest absolute Gasteiger partial charge is 0.224 e. The van der Waals surface area contributed by atoms with E-state index in [1.54, 1.807) is 7.05 Å². The lowest BCUT2D eigenvalue weighted by Crippen LogP contribution is -2.46. The molecule has 0 bridgehead atoms. The number of guanidine groups is 1. The molecule has 2 aliphatic heterocycles. The third-order valence-corrected chi connectivity index (χ3v) is 6.32. The van der Waals surface area contributed by atoms with Gasteiger partial charge in [0.1, 0.15) is 0 Å². The third kappa shape index (κ3) is 6.38. The molecule has 0 aliphatic carbocycles. The Balaban J connectivity index is 0.00000288. The van der Waals surface area contributed by atoms with Crippen LogP contribution < -0.4 is 10.6 Å². The monoisotopic (exact) mass is 472 g/mol. The number of likely N-dealkylation sites (tertiary alicyclic amines) is 1. The van der Waals surface area contributed by atoms with E-state index in [0.29, 0.717) is 31.4 Å². The molecular weight excluding hydrogens is 443 g/mol. The van der Waals surface area contributed by atoms with Crippen molar-refractivity contribution < 1.29 is 13.2 Å². The summed E-state index contributed by atoms with van der Waals surface area (Å²) in [7, 11) is -1.26. The van der Waals surface area contributed by atoms with Crippen molar-refractivity contribution in [3.05, 3.63) is 0 Å². The maximum Gasteiger partial charge on any atom is 0.224 e. The number of rotatable bonds is 4. The number of sulfone groups is 1. The second-order valence-corrected chi connectivity index (χ2v) is 8.65. The van der Waals surface area contributed by atoms with E-state index >= 15 is 0 Å². The van der Waals surface area contributed by atoms with Crippen LogP contribution in [0.25, 0.3) is 0 Å². The van der Waals surface area contributed by atoms with E-state index < -0.39 is 9.84 Å². The van der Waals surface area contributed by atoms with Crippen molar-refractivity contribution in [3.8, 4) is 0 Å². The van der Waals surface area contributed by atoms with E-state index in [9.17, 15) is 13.2 Å². The van der Waals surface area contributed by atoms with Gasteiger partial charge in [0.05, 0.1) is 11.5 Å². The molecule has 7 nitrogen and oxygen atoms in total. The molecule has 0 aromatic carbocycles. The summed E-state index contributed by atoms with van der Waals surface area (Å²) in [5.41, 5.74) is 0. The van der Waals surface area contributed by atoms with Crippen LogP contribution in [0, 0.1) is 0 Å². The number of piperidine rings is 1. The Hall–Kier alpha value is -0.580. The lowest BCUT2D eigenvalue weighted by molar-refractivity contribution is -0.134. The van der Waals surface area contributed by atoms with E-state index in [-0.39, 0.29) is 47.4 Å². The van der Waals surface area contributed by atoms with E-state index in [4.69, 9.17) is 0 Å². The van der Waals surface area contributed by atoms with Crippen molar-refractivity contribution >= 4 is 45.7 Å². The van der Waals surface area contributed by atoms with Crippen LogP contribution in [0.5, 0.6) is 0 Å². The topological polar surface area (TPSA) is 90.9 Å². The molecule has 0 spiro atoms. The predicted octanol–water partition coefficient (Wildman–Crippen LogP) is 0.748. The third-order valence-electron chi connectivity index (χ3n) is 4.55. The molecule has 140 valence electrons. The number of hydrogen-bond acceptors (Lipinski definition) is 4. The molecule has 2 N–H and O–H groups in total. The summed E-state index contributed by atoms with van der Waals surface area (Å²) in [5, 5.41) is 6.22. The molecular formula is C15H29IN4O3S. The van der Waals surface area contributed by atoms with Gasteiger partial charge in [-0.3, -0.25) is 9.79 Å². The molecule has 2 unspecified atom stereocenters. The van der Waals surface area contributed by atoms with E-state index in [2.05, 4.69) is 22.5 Å². The Labute approximate surface area is 162 Å². The van der Waals surface area contributed by atoms with Crippen LogP contribution in [0.15, 0.2) is 4.99 Å². The molecule has 2 aliphatic rings. The number of carbonyl (C=O) groups excluding carboxylic acids is 1. The highest BCUT2D eigenvalue weighted by molar-refractivity contribution is 14.0. The fourth-order valence-electron chi connectivity index (χ4n) is 3.20. The molecule has 2 heterocycles. The van der Waals surface area contributed by atoms with E-state index in [1.807, 2.05) is 4.90 Å². The Kier molecular flexibility index (Phi) is 8.75. The number of carbonyl (C=O) groups is 1. The highest BCUT2D eigenvalue weighted by Gasteiger charge is 2.28. The number of hydrogen-bond donors (Lipinski definition) is 2. The molecule has 1 amide bonds. The zero-order valence-corrected chi connectivity index (χ0v) is 17.6. The van der Waals surface area contributed by atoms with Crippen molar-refractivity contribution in [2.45, 2.75) is 51.1 Å². The molecule has 2 rings (SSSR count). The van der Waals surface area contributed by atoms with Gasteiger partial charge in [0.25, 0.3) is 0 Å². The summed E-state index contributed by atoms with van der Waals surface area (Å²) in [5.74, 6) is 1.11. The maximum absolute atomic E-state index is 12.3. The van der Waals surface area contributed by atoms with Crippen LogP contribution in [0.3, 0.4) is 0 Å². The first kappa shape index (κ1) is 21.5. The average molecular weight is 472 g/mol. The molecule has 9 heteroatoms. The number of nitrogens with zero attached hydrogens (tertiary/aromatic N) is 2. The van der Waals surface area contributed by atoms with Gasteiger partial charge in [-0.1, -0.05) is 0 Å². The first-order chi connectivity index (χ1) is 10.9. The molecule has 24 heavy (non-hydrogen) atoms. The molecule has 0 aromatic heterocycles. The standard InChI is InChI=1S/C15H28N4O3S.HI/c1-12-5-3-4-9-19(12)14(20)6-8-17-15(16-2)18-13-7-10-23(21,22)11-13;/h12-13H,3-11H2,1-2H3,(H2,16,17,18);1H. The lowest BCUT2D eigenvalue weighted by Gasteiger charge is -2.33. The SMILES string of the molecule is CN=C(NCCC(=O)N1CCCCC1C)NC1CCS(=O)(=O)C1.I. The van der Waals surface area contributed by atoms with Crippen molar-refractivity contribution in [1.29, 1.82) is 0 Å². The second kappa shape index (κ2) is 9.79. The van der Waals surface area contributed by atoms with Crippen molar-refractivity contribution in [1.82, 2.24) is 15.5 Å². The fourth-order valence-corrected chi connectivity index (χ4v) is 4.87. The maximum atomic E-state index is 12.3. The molecule has 2 saturated heterocycles. The minimum atomic E-state index is -2.91. The summed E-state index contributed by atoms with van der Waals surface area (Å²) >= 11 is 0. The minimum Gasteiger partial charge on any atom is -0.356 e. The lowest BCUT2D eigenvalue weighted by atomic mass is 10.0. The second-order valence-electron chi connectivity index (χ2n) is 6.43. The van der Waals surface area contributed by atoms with Gasteiger partial charge in [-0.2, -0.15) is 0 Å². The number of nitrogens with one attached hydrogen (secondary N) is 2. The van der Waals surface area contributed by atoms with Crippen LogP contribution >= 0.6 is 24.0 Å². The molecule has 0 saturated carbocycles. The fraction of sp³-hybridized carbons (Fsp3) is 0.867. The Bertz CT molecular complexity index is 553. The average Bonchev–Trinajstić information content (AvgIpc) is 2.85. The Morgan fingerprint density at radius 3 is 2.62 bits per heavy atom. The van der Waals surface area contributed by atoms with Gasteiger partial charge >= 0.3 is 0 Å². The summed E-state index contributed by atoms with van der Waals surface area (Å²) in [6.07, 6.45) is 4.40. The van der Waals surface area contributed by atoms with Gasteiger partial charge in [0.2, 0.25) is 5.91 Å².